The van der Waals surface area contributed by atoms with Crippen molar-refractivity contribution in [1.82, 2.24) is 9.78 Å². The Balaban J connectivity index is 1.84. The molecule has 0 radical (unpaired) electrons. The summed E-state index contributed by atoms with van der Waals surface area (Å²) in [4.78, 5) is 12.2. The second-order valence-corrected chi connectivity index (χ2v) is 7.72. The average molecular weight is 319 g/mol. The molecular weight excluding hydrogens is 302 g/mol. The van der Waals surface area contributed by atoms with Crippen molar-refractivity contribution in [3.05, 3.63) is 47.7 Å². The van der Waals surface area contributed by atoms with Crippen molar-refractivity contribution < 1.29 is 13.2 Å². The first-order valence-corrected chi connectivity index (χ1v) is 8.90. The van der Waals surface area contributed by atoms with Gasteiger partial charge in [0.2, 0.25) is 0 Å². The molecule has 22 heavy (non-hydrogen) atoms. The van der Waals surface area contributed by atoms with Crippen LogP contribution in [-0.4, -0.2) is 35.6 Å². The summed E-state index contributed by atoms with van der Waals surface area (Å²) in [5, 5.41) is 7.16. The van der Waals surface area contributed by atoms with Gasteiger partial charge in [-0.1, -0.05) is 18.2 Å². The van der Waals surface area contributed by atoms with E-state index in [9.17, 15) is 13.2 Å². The highest BCUT2D eigenvalue weighted by Crippen LogP contribution is 2.27. The van der Waals surface area contributed by atoms with E-state index in [0.717, 1.165) is 5.69 Å². The second kappa shape index (κ2) is 5.57. The van der Waals surface area contributed by atoms with Crippen molar-refractivity contribution in [2.75, 3.05) is 16.8 Å². The van der Waals surface area contributed by atoms with E-state index >= 15 is 0 Å². The smallest absolute Gasteiger partial charge is 0.256 e. The van der Waals surface area contributed by atoms with Crippen LogP contribution in [0.2, 0.25) is 0 Å². The molecule has 6 nitrogen and oxygen atoms in total. The van der Waals surface area contributed by atoms with Gasteiger partial charge in [0.1, 0.15) is 5.82 Å². The minimum atomic E-state index is -3.01. The Labute approximate surface area is 129 Å². The number of hydrogen-bond acceptors (Lipinski definition) is 4. The van der Waals surface area contributed by atoms with Crippen LogP contribution in [0.5, 0.6) is 0 Å². The molecule has 116 valence electrons. The van der Waals surface area contributed by atoms with Gasteiger partial charge in [0, 0.05) is 11.6 Å². The lowest BCUT2D eigenvalue weighted by Gasteiger charge is -2.13. The van der Waals surface area contributed by atoms with Crippen LogP contribution in [0.3, 0.4) is 0 Å². The van der Waals surface area contributed by atoms with Crippen LogP contribution >= 0.6 is 0 Å². The molecule has 0 aliphatic carbocycles. The number of benzene rings is 1. The van der Waals surface area contributed by atoms with E-state index in [1.807, 2.05) is 13.0 Å². The van der Waals surface area contributed by atoms with Gasteiger partial charge in [-0.25, -0.2) is 13.1 Å². The summed E-state index contributed by atoms with van der Waals surface area (Å²) in [7, 11) is -3.01. The maximum atomic E-state index is 12.2. The van der Waals surface area contributed by atoms with E-state index < -0.39 is 9.84 Å². The maximum Gasteiger partial charge on any atom is 0.256 e. The molecule has 1 aromatic heterocycles. The quantitative estimate of drug-likeness (QED) is 0.935. The lowest BCUT2D eigenvalue weighted by molar-refractivity contribution is 0.102. The average Bonchev–Trinajstić information content (AvgIpc) is 3.02. The zero-order chi connectivity index (χ0) is 15.7. The maximum absolute atomic E-state index is 12.2. The largest absolute Gasteiger partial charge is 0.307 e. The van der Waals surface area contributed by atoms with Crippen LogP contribution in [0, 0.1) is 6.92 Å². The van der Waals surface area contributed by atoms with Crippen molar-refractivity contribution in [3.63, 3.8) is 0 Å². The van der Waals surface area contributed by atoms with Crippen molar-refractivity contribution in [2.45, 2.75) is 19.4 Å². The lowest BCUT2D eigenvalue weighted by Crippen LogP contribution is -2.19. The lowest BCUT2D eigenvalue weighted by atomic mass is 10.2. The molecule has 1 N–H and O–H groups in total. The zero-order valence-electron chi connectivity index (χ0n) is 12.2. The Morgan fingerprint density at radius 2 is 2.05 bits per heavy atom. The molecular formula is C15H17N3O3S. The molecule has 1 aliphatic heterocycles. The summed E-state index contributed by atoms with van der Waals surface area (Å²) in [5.41, 5.74) is 1.29. The summed E-state index contributed by atoms with van der Waals surface area (Å²) < 4.78 is 24.9. The van der Waals surface area contributed by atoms with E-state index in [4.69, 9.17) is 0 Å². The minimum Gasteiger partial charge on any atom is -0.307 e. The summed E-state index contributed by atoms with van der Waals surface area (Å²) >= 11 is 0. The summed E-state index contributed by atoms with van der Waals surface area (Å²) in [6.07, 6.45) is 0.525. The standard InChI is InChI=1S/C15H17N3O3S/c1-11-9-14(16-15(19)12-5-3-2-4-6-12)18(17-11)13-7-8-22(20,21)10-13/h2-6,9,13H,7-8,10H2,1H3,(H,16,19)/t13-/m1/s1. The first kappa shape index (κ1) is 14.8. The molecule has 0 unspecified atom stereocenters. The number of aryl methyl sites for hydroxylation is 1. The van der Waals surface area contributed by atoms with Crippen molar-refractivity contribution in [1.29, 1.82) is 0 Å². The first-order valence-electron chi connectivity index (χ1n) is 7.07. The fourth-order valence-electron chi connectivity index (χ4n) is 2.63. The molecule has 1 aliphatic rings. The van der Waals surface area contributed by atoms with Crippen LogP contribution in [-0.2, 0) is 9.84 Å². The Morgan fingerprint density at radius 1 is 1.32 bits per heavy atom. The third-order valence-corrected chi connectivity index (χ3v) is 5.44. The number of hydrogen-bond donors (Lipinski definition) is 1. The second-order valence-electron chi connectivity index (χ2n) is 5.49. The van der Waals surface area contributed by atoms with Crippen molar-refractivity contribution >= 4 is 21.6 Å². The topological polar surface area (TPSA) is 81.1 Å². The summed E-state index contributed by atoms with van der Waals surface area (Å²) in [6, 6.07) is 10.4. The Morgan fingerprint density at radius 3 is 2.68 bits per heavy atom. The molecule has 1 amide bonds. The van der Waals surface area contributed by atoms with Crippen LogP contribution in [0.15, 0.2) is 36.4 Å². The van der Waals surface area contributed by atoms with E-state index in [1.54, 1.807) is 35.0 Å². The third-order valence-electron chi connectivity index (χ3n) is 3.69. The van der Waals surface area contributed by atoms with E-state index in [-0.39, 0.29) is 23.5 Å². The van der Waals surface area contributed by atoms with Crippen LogP contribution in [0.4, 0.5) is 5.82 Å². The van der Waals surface area contributed by atoms with Gasteiger partial charge >= 0.3 is 0 Å². The van der Waals surface area contributed by atoms with Crippen molar-refractivity contribution in [3.8, 4) is 0 Å². The Bertz CT molecular complexity index is 797. The summed E-state index contributed by atoms with van der Waals surface area (Å²) in [5.74, 6) is 0.543. The number of sulfone groups is 1. The number of aromatic nitrogens is 2. The van der Waals surface area contributed by atoms with E-state index in [1.165, 1.54) is 0 Å². The number of rotatable bonds is 3. The fourth-order valence-corrected chi connectivity index (χ4v) is 4.33. The SMILES string of the molecule is Cc1cc(NC(=O)c2ccccc2)n([C@@H]2CCS(=O)(=O)C2)n1. The summed E-state index contributed by atoms with van der Waals surface area (Å²) in [6.45, 7) is 1.82. The monoisotopic (exact) mass is 319 g/mol. The van der Waals surface area contributed by atoms with Crippen LogP contribution in [0.1, 0.15) is 28.5 Å². The third kappa shape index (κ3) is 3.04. The van der Waals surface area contributed by atoms with Crippen molar-refractivity contribution in [2.24, 2.45) is 0 Å². The number of carbonyl (C=O) groups excluding carboxylic acids is 1. The molecule has 2 aromatic rings. The Kier molecular flexibility index (Phi) is 3.74. The van der Waals surface area contributed by atoms with Gasteiger partial charge in [-0.3, -0.25) is 4.79 Å². The highest BCUT2D eigenvalue weighted by Gasteiger charge is 2.31. The predicted molar refractivity (Wildman–Crippen MR) is 83.7 cm³/mol. The van der Waals surface area contributed by atoms with Crippen LogP contribution in [0.25, 0.3) is 0 Å². The number of carbonyl (C=O) groups is 1. The molecule has 1 atom stereocenters. The molecule has 0 saturated carbocycles. The van der Waals surface area contributed by atoms with Gasteiger partial charge < -0.3 is 5.32 Å². The van der Waals surface area contributed by atoms with Gasteiger partial charge in [-0.15, -0.1) is 0 Å². The highest BCUT2D eigenvalue weighted by molar-refractivity contribution is 7.91. The molecule has 2 heterocycles. The zero-order valence-corrected chi connectivity index (χ0v) is 13.0. The molecule has 1 aromatic carbocycles. The molecule has 7 heteroatoms. The first-order chi connectivity index (χ1) is 10.4. The normalized spacial score (nSPS) is 20.0. The highest BCUT2D eigenvalue weighted by atomic mass is 32.2. The van der Waals surface area contributed by atoms with Gasteiger partial charge in [0.05, 0.1) is 23.2 Å². The number of nitrogens with zero attached hydrogens (tertiary/aromatic N) is 2. The van der Waals surface area contributed by atoms with E-state index in [2.05, 4.69) is 10.4 Å². The van der Waals surface area contributed by atoms with Gasteiger partial charge in [-0.2, -0.15) is 5.10 Å². The molecule has 1 saturated heterocycles. The van der Waals surface area contributed by atoms with E-state index in [0.29, 0.717) is 17.8 Å². The number of amides is 1. The van der Waals surface area contributed by atoms with Gasteiger partial charge in [0.15, 0.2) is 9.84 Å². The minimum absolute atomic E-state index is 0.0718. The molecule has 1 fully saturated rings. The number of nitrogens with one attached hydrogen (secondary N) is 1. The molecule has 3 rings (SSSR count). The molecule has 0 bridgehead atoms. The molecule has 0 spiro atoms. The predicted octanol–water partition coefficient (Wildman–Crippen LogP) is 1.80. The number of anilines is 1. The van der Waals surface area contributed by atoms with Gasteiger partial charge in [-0.05, 0) is 25.5 Å². The van der Waals surface area contributed by atoms with Crippen LogP contribution < -0.4 is 5.32 Å². The van der Waals surface area contributed by atoms with Gasteiger partial charge in [0.25, 0.3) is 5.91 Å². The Hall–Kier alpha value is -2.15. The fraction of sp³-hybridized carbons (Fsp3) is 0.333.